The van der Waals surface area contributed by atoms with Crippen LogP contribution in [0.4, 0.5) is 0 Å². The first-order chi connectivity index (χ1) is 9.54. The van der Waals surface area contributed by atoms with E-state index in [1.165, 1.54) is 0 Å². The molecule has 0 atom stereocenters. The number of carbonyl (C=O) groups excluding carboxylic acids is 1. The molecule has 0 aliphatic carbocycles. The number of nitrogens with zero attached hydrogens (tertiary/aromatic N) is 4. The van der Waals surface area contributed by atoms with Crippen molar-refractivity contribution in [1.29, 1.82) is 0 Å². The summed E-state index contributed by atoms with van der Waals surface area (Å²) in [6.07, 6.45) is 3.24. The van der Waals surface area contributed by atoms with Crippen LogP contribution < -0.4 is 5.32 Å². The summed E-state index contributed by atoms with van der Waals surface area (Å²) >= 11 is 0. The fraction of sp³-hybridized carbons (Fsp3) is 0.643. The van der Waals surface area contributed by atoms with Crippen LogP contribution in [0, 0.1) is 6.92 Å². The van der Waals surface area contributed by atoms with E-state index in [9.17, 15) is 4.79 Å². The van der Waals surface area contributed by atoms with E-state index in [1.54, 1.807) is 0 Å². The van der Waals surface area contributed by atoms with Crippen LogP contribution in [0.25, 0.3) is 11.0 Å². The maximum Gasteiger partial charge on any atom is 0.221 e. The van der Waals surface area contributed by atoms with E-state index < -0.39 is 0 Å². The highest BCUT2D eigenvalue weighted by atomic mass is 16.1. The first kappa shape index (κ1) is 14.6. The van der Waals surface area contributed by atoms with E-state index >= 15 is 0 Å². The van der Waals surface area contributed by atoms with Gasteiger partial charge in [0.2, 0.25) is 5.91 Å². The lowest BCUT2D eigenvalue weighted by atomic mass is 10.3. The van der Waals surface area contributed by atoms with Gasteiger partial charge in [-0.15, -0.1) is 0 Å². The average molecular weight is 277 g/mol. The van der Waals surface area contributed by atoms with Crippen LogP contribution in [0.3, 0.4) is 0 Å². The summed E-state index contributed by atoms with van der Waals surface area (Å²) in [5.41, 5.74) is 3.02. The second-order valence-corrected chi connectivity index (χ2v) is 5.33. The zero-order valence-electron chi connectivity index (χ0n) is 12.7. The minimum atomic E-state index is 0.0735. The minimum Gasteiger partial charge on any atom is -0.356 e. The lowest BCUT2D eigenvalue weighted by Crippen LogP contribution is -2.25. The molecule has 2 aromatic rings. The molecule has 0 aliphatic rings. The van der Waals surface area contributed by atoms with E-state index in [-0.39, 0.29) is 5.91 Å². The van der Waals surface area contributed by atoms with Crippen LogP contribution in [0.5, 0.6) is 0 Å². The molecular formula is C14H23N5O. The Balaban J connectivity index is 2.13. The van der Waals surface area contributed by atoms with E-state index in [0.717, 1.165) is 29.7 Å². The number of rotatable bonds is 6. The van der Waals surface area contributed by atoms with Gasteiger partial charge in [0.1, 0.15) is 11.0 Å². The van der Waals surface area contributed by atoms with Crippen LogP contribution in [-0.4, -0.2) is 32.0 Å². The van der Waals surface area contributed by atoms with Gasteiger partial charge in [-0.2, -0.15) is 10.2 Å². The number of amides is 1. The molecule has 0 saturated heterocycles. The van der Waals surface area contributed by atoms with E-state index in [4.69, 9.17) is 0 Å². The quantitative estimate of drug-likeness (QED) is 0.878. The van der Waals surface area contributed by atoms with Crippen LogP contribution in [0.1, 0.15) is 45.3 Å². The zero-order chi connectivity index (χ0) is 14.7. The largest absolute Gasteiger partial charge is 0.356 e. The monoisotopic (exact) mass is 277 g/mol. The van der Waals surface area contributed by atoms with Crippen LogP contribution in [0.15, 0.2) is 6.20 Å². The van der Waals surface area contributed by atoms with Crippen molar-refractivity contribution in [2.45, 2.75) is 53.1 Å². The first-order valence-electron chi connectivity index (χ1n) is 7.22. The molecule has 0 bridgehead atoms. The maximum absolute atomic E-state index is 11.7. The van der Waals surface area contributed by atoms with E-state index in [1.807, 2.05) is 29.4 Å². The Labute approximate surface area is 119 Å². The van der Waals surface area contributed by atoms with Gasteiger partial charge in [-0.3, -0.25) is 14.2 Å². The Morgan fingerprint density at radius 3 is 2.85 bits per heavy atom. The first-order valence-corrected chi connectivity index (χ1v) is 7.22. The Kier molecular flexibility index (Phi) is 4.42. The summed E-state index contributed by atoms with van der Waals surface area (Å²) in [7, 11) is 0. The molecule has 6 nitrogen and oxygen atoms in total. The smallest absolute Gasteiger partial charge is 0.221 e. The minimum absolute atomic E-state index is 0.0735. The predicted molar refractivity (Wildman–Crippen MR) is 78.6 cm³/mol. The van der Waals surface area contributed by atoms with E-state index in [2.05, 4.69) is 29.4 Å². The van der Waals surface area contributed by atoms with Gasteiger partial charge in [-0.05, 0) is 27.2 Å². The van der Waals surface area contributed by atoms with Crippen molar-refractivity contribution in [3.8, 4) is 0 Å². The molecule has 1 N–H and O–H groups in total. The highest BCUT2D eigenvalue weighted by Crippen LogP contribution is 2.21. The standard InChI is InChI=1S/C14H23N5O/c1-5-7-15-13(20)6-8-18-14-11(4)17-19(10(2)3)12(14)9-16-18/h9-10H,5-8H2,1-4H3,(H,15,20). The van der Waals surface area contributed by atoms with Gasteiger partial charge >= 0.3 is 0 Å². The molecule has 1 amide bonds. The van der Waals surface area contributed by atoms with Gasteiger partial charge in [-0.25, -0.2) is 0 Å². The Bertz CT molecular complexity index is 596. The molecule has 0 spiro atoms. The summed E-state index contributed by atoms with van der Waals surface area (Å²) < 4.78 is 3.85. The normalized spacial score (nSPS) is 11.4. The lowest BCUT2D eigenvalue weighted by Gasteiger charge is -2.04. The molecule has 2 heterocycles. The van der Waals surface area contributed by atoms with Gasteiger partial charge in [0, 0.05) is 19.0 Å². The highest BCUT2D eigenvalue weighted by Gasteiger charge is 2.15. The van der Waals surface area contributed by atoms with Gasteiger partial charge < -0.3 is 5.32 Å². The number of nitrogens with one attached hydrogen (secondary N) is 1. The van der Waals surface area contributed by atoms with Gasteiger partial charge in [0.25, 0.3) is 0 Å². The number of hydrogen-bond donors (Lipinski definition) is 1. The molecule has 0 unspecified atom stereocenters. The Morgan fingerprint density at radius 2 is 2.20 bits per heavy atom. The molecule has 0 saturated carbocycles. The molecule has 2 rings (SSSR count). The van der Waals surface area contributed by atoms with Crippen molar-refractivity contribution in [3.05, 3.63) is 11.9 Å². The summed E-state index contributed by atoms with van der Waals surface area (Å²) in [5.74, 6) is 0.0735. The zero-order valence-corrected chi connectivity index (χ0v) is 12.7. The fourth-order valence-electron chi connectivity index (χ4n) is 2.30. The van der Waals surface area contributed by atoms with Gasteiger partial charge in [0.05, 0.1) is 18.4 Å². The molecule has 6 heteroatoms. The number of hydrogen-bond acceptors (Lipinski definition) is 3. The molecule has 0 aromatic carbocycles. The third kappa shape index (κ3) is 2.84. The number of aryl methyl sites for hydroxylation is 2. The molecule has 0 aliphatic heterocycles. The van der Waals surface area contributed by atoms with Crippen molar-refractivity contribution in [3.63, 3.8) is 0 Å². The van der Waals surface area contributed by atoms with Crippen LogP contribution in [0.2, 0.25) is 0 Å². The predicted octanol–water partition coefficient (Wildman–Crippen LogP) is 2.04. The van der Waals surface area contributed by atoms with Crippen molar-refractivity contribution >= 4 is 16.9 Å². The average Bonchev–Trinajstić information content (AvgIpc) is 2.96. The number of aromatic nitrogens is 4. The Morgan fingerprint density at radius 1 is 1.45 bits per heavy atom. The highest BCUT2D eigenvalue weighted by molar-refractivity contribution is 5.78. The molecule has 0 radical (unpaired) electrons. The number of carbonyl (C=O) groups is 1. The van der Waals surface area contributed by atoms with Gasteiger partial charge in [-0.1, -0.05) is 6.92 Å². The summed E-state index contributed by atoms with van der Waals surface area (Å²) in [6, 6.07) is 0.303. The second kappa shape index (κ2) is 6.07. The third-order valence-electron chi connectivity index (χ3n) is 3.28. The molecule has 20 heavy (non-hydrogen) atoms. The van der Waals surface area contributed by atoms with Gasteiger partial charge in [0.15, 0.2) is 0 Å². The fourth-order valence-corrected chi connectivity index (χ4v) is 2.30. The topological polar surface area (TPSA) is 64.7 Å². The van der Waals surface area contributed by atoms with E-state index in [0.29, 0.717) is 19.0 Å². The van der Waals surface area contributed by atoms with Crippen molar-refractivity contribution in [1.82, 2.24) is 24.9 Å². The van der Waals surface area contributed by atoms with Crippen LogP contribution in [-0.2, 0) is 11.3 Å². The van der Waals surface area contributed by atoms with Crippen molar-refractivity contribution in [2.75, 3.05) is 6.54 Å². The molecular weight excluding hydrogens is 254 g/mol. The van der Waals surface area contributed by atoms with Crippen LogP contribution >= 0.6 is 0 Å². The lowest BCUT2D eigenvalue weighted by molar-refractivity contribution is -0.121. The molecule has 0 fully saturated rings. The third-order valence-corrected chi connectivity index (χ3v) is 3.28. The number of fused-ring (bicyclic) bond motifs is 1. The molecule has 2 aromatic heterocycles. The summed E-state index contributed by atoms with van der Waals surface area (Å²) in [5, 5.41) is 11.8. The van der Waals surface area contributed by atoms with Crippen molar-refractivity contribution < 1.29 is 4.79 Å². The molecule has 110 valence electrons. The van der Waals surface area contributed by atoms with Crippen molar-refractivity contribution in [2.24, 2.45) is 0 Å². The second-order valence-electron chi connectivity index (χ2n) is 5.33. The SMILES string of the molecule is CCCNC(=O)CCn1ncc2c1c(C)nn2C(C)C. The Hall–Kier alpha value is -1.85. The summed E-state index contributed by atoms with van der Waals surface area (Å²) in [6.45, 7) is 9.54. The maximum atomic E-state index is 11.7. The summed E-state index contributed by atoms with van der Waals surface area (Å²) in [4.78, 5) is 11.7.